The molecule has 1 aromatic heterocycles. The molecule has 17 heavy (non-hydrogen) atoms. The minimum absolute atomic E-state index is 0.263. The maximum absolute atomic E-state index is 9.34. The predicted molar refractivity (Wildman–Crippen MR) is 70.8 cm³/mol. The summed E-state index contributed by atoms with van der Waals surface area (Å²) >= 11 is 1.46. The monoisotopic (exact) mass is 249 g/mol. The number of aromatic nitrogens is 1. The lowest BCUT2D eigenvalue weighted by Crippen LogP contribution is -1.96. The van der Waals surface area contributed by atoms with E-state index in [4.69, 9.17) is 4.74 Å². The van der Waals surface area contributed by atoms with Crippen molar-refractivity contribution >= 4 is 21.6 Å². The smallest absolute Gasteiger partial charge is 0.274 e. The van der Waals surface area contributed by atoms with Crippen molar-refractivity contribution in [1.82, 2.24) is 4.98 Å². The highest BCUT2D eigenvalue weighted by Crippen LogP contribution is 2.30. The molecular formula is C13H15NO2S. The third kappa shape index (κ3) is 3.20. The fourth-order valence-electron chi connectivity index (χ4n) is 1.50. The van der Waals surface area contributed by atoms with E-state index in [1.807, 2.05) is 6.08 Å². The number of rotatable bonds is 6. The summed E-state index contributed by atoms with van der Waals surface area (Å²) in [6, 6.07) is 5.14. The summed E-state index contributed by atoms with van der Waals surface area (Å²) in [5.74, 6) is 0.263. The summed E-state index contributed by atoms with van der Waals surface area (Å²) in [6.07, 6.45) is 5.04. The Morgan fingerprint density at radius 1 is 1.41 bits per heavy atom. The van der Waals surface area contributed by atoms with Gasteiger partial charge in [0.05, 0.1) is 16.8 Å². The molecule has 1 heterocycles. The van der Waals surface area contributed by atoms with Gasteiger partial charge >= 0.3 is 0 Å². The Hall–Kier alpha value is -1.55. The average Bonchev–Trinajstić information content (AvgIpc) is 2.70. The number of phenolic OH excluding ortho intramolecular Hbond substituents is 1. The normalized spacial score (nSPS) is 10.6. The molecule has 0 aliphatic carbocycles. The summed E-state index contributed by atoms with van der Waals surface area (Å²) in [6.45, 7) is 4.36. The molecule has 0 atom stereocenters. The van der Waals surface area contributed by atoms with Gasteiger partial charge < -0.3 is 9.84 Å². The molecular weight excluding hydrogens is 234 g/mol. The van der Waals surface area contributed by atoms with Gasteiger partial charge in [-0.1, -0.05) is 17.4 Å². The molecule has 3 nitrogen and oxygen atoms in total. The Morgan fingerprint density at radius 2 is 2.29 bits per heavy atom. The van der Waals surface area contributed by atoms with Crippen molar-refractivity contribution in [3.63, 3.8) is 0 Å². The molecule has 0 saturated carbocycles. The highest BCUT2D eigenvalue weighted by atomic mass is 32.1. The van der Waals surface area contributed by atoms with E-state index >= 15 is 0 Å². The molecule has 90 valence electrons. The van der Waals surface area contributed by atoms with Crippen LogP contribution in [-0.2, 0) is 0 Å². The van der Waals surface area contributed by atoms with E-state index in [0.717, 1.165) is 29.5 Å². The lowest BCUT2D eigenvalue weighted by Gasteiger charge is -1.99. The zero-order valence-corrected chi connectivity index (χ0v) is 10.4. The van der Waals surface area contributed by atoms with Crippen molar-refractivity contribution < 1.29 is 9.84 Å². The minimum Gasteiger partial charge on any atom is -0.508 e. The van der Waals surface area contributed by atoms with E-state index in [1.54, 1.807) is 18.2 Å². The molecule has 0 bridgehead atoms. The van der Waals surface area contributed by atoms with E-state index < -0.39 is 0 Å². The number of thiazole rings is 1. The van der Waals surface area contributed by atoms with Crippen molar-refractivity contribution in [2.24, 2.45) is 0 Å². The van der Waals surface area contributed by atoms with Crippen LogP contribution >= 0.6 is 11.3 Å². The molecule has 0 spiro atoms. The van der Waals surface area contributed by atoms with E-state index in [2.05, 4.69) is 11.6 Å². The van der Waals surface area contributed by atoms with Crippen LogP contribution in [0.25, 0.3) is 10.2 Å². The zero-order chi connectivity index (χ0) is 12.1. The Morgan fingerprint density at radius 3 is 3.12 bits per heavy atom. The SMILES string of the molecule is C=CCCCCOc1nc2ccc(O)cc2s1. The van der Waals surface area contributed by atoms with Crippen LogP contribution in [0.1, 0.15) is 19.3 Å². The first-order valence-electron chi connectivity index (χ1n) is 5.63. The van der Waals surface area contributed by atoms with Crippen molar-refractivity contribution in [2.75, 3.05) is 6.61 Å². The van der Waals surface area contributed by atoms with Crippen LogP contribution in [0.3, 0.4) is 0 Å². The number of ether oxygens (including phenoxy) is 1. The van der Waals surface area contributed by atoms with E-state index in [0.29, 0.717) is 11.8 Å². The fourth-order valence-corrected chi connectivity index (χ4v) is 2.38. The first-order valence-corrected chi connectivity index (χ1v) is 6.44. The summed E-state index contributed by atoms with van der Waals surface area (Å²) in [5.41, 5.74) is 0.869. The Labute approximate surface area is 104 Å². The molecule has 0 unspecified atom stereocenters. The molecule has 0 fully saturated rings. The molecule has 0 radical (unpaired) electrons. The van der Waals surface area contributed by atoms with Gasteiger partial charge in [0.1, 0.15) is 5.75 Å². The predicted octanol–water partition coefficient (Wildman–Crippen LogP) is 3.74. The molecule has 2 rings (SSSR count). The molecule has 0 aliphatic heterocycles. The maximum atomic E-state index is 9.34. The Bertz CT molecular complexity index is 507. The summed E-state index contributed by atoms with van der Waals surface area (Å²) < 4.78 is 6.52. The Balaban J connectivity index is 1.93. The van der Waals surface area contributed by atoms with E-state index in [-0.39, 0.29) is 5.75 Å². The zero-order valence-electron chi connectivity index (χ0n) is 9.56. The van der Waals surface area contributed by atoms with Crippen LogP contribution in [0.15, 0.2) is 30.9 Å². The van der Waals surface area contributed by atoms with Crippen molar-refractivity contribution in [3.05, 3.63) is 30.9 Å². The van der Waals surface area contributed by atoms with E-state index in [1.165, 1.54) is 11.3 Å². The van der Waals surface area contributed by atoms with Crippen molar-refractivity contribution in [2.45, 2.75) is 19.3 Å². The second-order valence-corrected chi connectivity index (χ2v) is 4.76. The van der Waals surface area contributed by atoms with Gasteiger partial charge in [0.15, 0.2) is 0 Å². The number of hydrogen-bond donors (Lipinski definition) is 1. The number of hydrogen-bond acceptors (Lipinski definition) is 4. The van der Waals surface area contributed by atoms with E-state index in [9.17, 15) is 5.11 Å². The lowest BCUT2D eigenvalue weighted by atomic mass is 10.2. The topological polar surface area (TPSA) is 42.4 Å². The highest BCUT2D eigenvalue weighted by Gasteiger charge is 2.04. The molecule has 0 amide bonds. The second-order valence-electron chi connectivity index (χ2n) is 3.76. The average molecular weight is 249 g/mol. The van der Waals surface area contributed by atoms with Crippen LogP contribution in [0.4, 0.5) is 0 Å². The molecule has 1 aromatic carbocycles. The summed E-state index contributed by atoms with van der Waals surface area (Å²) in [7, 11) is 0. The van der Waals surface area contributed by atoms with Crippen LogP contribution in [0.2, 0.25) is 0 Å². The first kappa shape index (κ1) is 11.9. The van der Waals surface area contributed by atoms with Crippen molar-refractivity contribution in [3.8, 4) is 10.9 Å². The maximum Gasteiger partial charge on any atom is 0.274 e. The molecule has 0 saturated heterocycles. The molecule has 0 aliphatic rings. The van der Waals surface area contributed by atoms with Gasteiger partial charge in [0.2, 0.25) is 0 Å². The van der Waals surface area contributed by atoms with Gasteiger partial charge in [-0.25, -0.2) is 4.98 Å². The number of benzene rings is 1. The third-order valence-corrected chi connectivity index (χ3v) is 3.31. The summed E-state index contributed by atoms with van der Waals surface area (Å²) in [4.78, 5) is 4.34. The number of unbranched alkanes of at least 4 members (excludes halogenated alkanes) is 2. The lowest BCUT2D eigenvalue weighted by molar-refractivity contribution is 0.306. The number of phenols is 1. The van der Waals surface area contributed by atoms with Crippen LogP contribution in [0.5, 0.6) is 10.9 Å². The van der Waals surface area contributed by atoms with Gasteiger partial charge in [0.25, 0.3) is 5.19 Å². The van der Waals surface area contributed by atoms with Gasteiger partial charge in [-0.3, -0.25) is 0 Å². The highest BCUT2D eigenvalue weighted by molar-refractivity contribution is 7.20. The standard InChI is InChI=1S/C13H15NO2S/c1-2-3-4-5-8-16-13-14-11-7-6-10(15)9-12(11)17-13/h2,6-7,9,15H,1,3-5,8H2. The minimum atomic E-state index is 0.263. The summed E-state index contributed by atoms with van der Waals surface area (Å²) in [5, 5.41) is 10.0. The van der Waals surface area contributed by atoms with Crippen LogP contribution in [0, 0.1) is 0 Å². The number of fused-ring (bicyclic) bond motifs is 1. The number of aromatic hydroxyl groups is 1. The molecule has 1 N–H and O–H groups in total. The van der Waals surface area contributed by atoms with Crippen LogP contribution < -0.4 is 4.74 Å². The van der Waals surface area contributed by atoms with Crippen molar-refractivity contribution in [1.29, 1.82) is 0 Å². The van der Waals surface area contributed by atoms with Gasteiger partial charge in [-0.2, -0.15) is 0 Å². The van der Waals surface area contributed by atoms with Gasteiger partial charge in [-0.15, -0.1) is 6.58 Å². The number of nitrogens with zero attached hydrogens (tertiary/aromatic N) is 1. The fraction of sp³-hybridized carbons (Fsp3) is 0.308. The first-order chi connectivity index (χ1) is 8.29. The Kier molecular flexibility index (Phi) is 3.98. The third-order valence-electron chi connectivity index (χ3n) is 2.38. The van der Waals surface area contributed by atoms with Crippen LogP contribution in [-0.4, -0.2) is 16.7 Å². The molecule has 4 heteroatoms. The van der Waals surface area contributed by atoms with Gasteiger partial charge in [0, 0.05) is 0 Å². The quantitative estimate of drug-likeness (QED) is 0.626. The largest absolute Gasteiger partial charge is 0.508 e. The second kappa shape index (κ2) is 5.68. The molecule has 2 aromatic rings. The van der Waals surface area contributed by atoms with Gasteiger partial charge in [-0.05, 0) is 37.5 Å². The number of allylic oxidation sites excluding steroid dienone is 1.